The van der Waals surface area contributed by atoms with E-state index in [-0.39, 0.29) is 18.7 Å². The number of fused-ring (bicyclic) bond motifs is 1. The second-order valence-electron chi connectivity index (χ2n) is 6.98. The highest BCUT2D eigenvalue weighted by atomic mass is 16.2. The van der Waals surface area contributed by atoms with Gasteiger partial charge in [-0.15, -0.1) is 0 Å². The topological polar surface area (TPSA) is 113 Å². The summed E-state index contributed by atoms with van der Waals surface area (Å²) in [6, 6.07) is 4.25. The molecule has 4 amide bonds. The van der Waals surface area contributed by atoms with Gasteiger partial charge < -0.3 is 10.6 Å². The molecule has 3 heterocycles. The van der Waals surface area contributed by atoms with Crippen molar-refractivity contribution in [3.8, 4) is 0 Å². The molecule has 8 nitrogen and oxygen atoms in total. The number of rotatable bonds is 3. The van der Waals surface area contributed by atoms with Crippen LogP contribution >= 0.6 is 0 Å². The summed E-state index contributed by atoms with van der Waals surface area (Å²) in [5, 5.41) is 2.21. The van der Waals surface area contributed by atoms with E-state index in [1.807, 2.05) is 6.07 Å². The third-order valence-electron chi connectivity index (χ3n) is 5.41. The van der Waals surface area contributed by atoms with Crippen LogP contribution in [-0.2, 0) is 9.59 Å². The number of benzene rings is 1. The number of nitrogens with one attached hydrogen (secondary N) is 1. The number of imide groups is 2. The average molecular weight is 356 g/mol. The number of anilines is 1. The Morgan fingerprint density at radius 3 is 2.62 bits per heavy atom. The molecule has 26 heavy (non-hydrogen) atoms. The minimum absolute atomic E-state index is 0.112. The zero-order valence-electron chi connectivity index (χ0n) is 14.2. The van der Waals surface area contributed by atoms with Crippen LogP contribution in [0.5, 0.6) is 0 Å². The van der Waals surface area contributed by atoms with Gasteiger partial charge in [0.15, 0.2) is 0 Å². The van der Waals surface area contributed by atoms with Gasteiger partial charge in [-0.1, -0.05) is 6.07 Å². The third-order valence-corrected chi connectivity index (χ3v) is 5.41. The van der Waals surface area contributed by atoms with E-state index < -0.39 is 23.8 Å². The van der Waals surface area contributed by atoms with E-state index in [0.717, 1.165) is 24.4 Å². The van der Waals surface area contributed by atoms with Gasteiger partial charge in [-0.05, 0) is 37.4 Å². The molecule has 1 aromatic carbocycles. The number of amides is 4. The van der Waals surface area contributed by atoms with Gasteiger partial charge in [0, 0.05) is 19.5 Å². The fourth-order valence-electron chi connectivity index (χ4n) is 4.00. The molecule has 2 fully saturated rings. The van der Waals surface area contributed by atoms with Gasteiger partial charge in [-0.2, -0.15) is 0 Å². The van der Waals surface area contributed by atoms with Crippen LogP contribution in [0.1, 0.15) is 40.0 Å². The standard InChI is InChI=1S/C18H20N4O4/c19-8-10-6-7-21(9-10)12-3-1-2-11-15(12)18(26)22(17(11)25)13-4-5-14(23)20-16(13)24/h1-3,10,13H,4-9,19H2,(H,20,23,24). The highest BCUT2D eigenvalue weighted by molar-refractivity contribution is 6.25. The van der Waals surface area contributed by atoms with Crippen LogP contribution in [0, 0.1) is 5.92 Å². The second-order valence-corrected chi connectivity index (χ2v) is 6.98. The quantitative estimate of drug-likeness (QED) is 0.730. The molecule has 0 spiro atoms. The molecular weight excluding hydrogens is 336 g/mol. The Morgan fingerprint density at radius 1 is 1.12 bits per heavy atom. The fourth-order valence-corrected chi connectivity index (χ4v) is 4.00. The van der Waals surface area contributed by atoms with Crippen molar-refractivity contribution < 1.29 is 19.2 Å². The molecule has 0 radical (unpaired) electrons. The van der Waals surface area contributed by atoms with Crippen molar-refractivity contribution in [3.63, 3.8) is 0 Å². The van der Waals surface area contributed by atoms with Crippen LogP contribution in [0.2, 0.25) is 0 Å². The molecule has 0 bridgehead atoms. The van der Waals surface area contributed by atoms with Crippen LogP contribution in [0.15, 0.2) is 18.2 Å². The number of nitrogens with zero attached hydrogens (tertiary/aromatic N) is 2. The van der Waals surface area contributed by atoms with Crippen molar-refractivity contribution in [2.24, 2.45) is 11.7 Å². The Balaban J connectivity index is 1.68. The largest absolute Gasteiger partial charge is 0.371 e. The molecule has 4 rings (SSSR count). The Labute approximate surface area is 150 Å². The van der Waals surface area contributed by atoms with Gasteiger partial charge in [0.25, 0.3) is 11.8 Å². The molecule has 0 aliphatic carbocycles. The van der Waals surface area contributed by atoms with Crippen molar-refractivity contribution in [3.05, 3.63) is 29.3 Å². The summed E-state index contributed by atoms with van der Waals surface area (Å²) < 4.78 is 0. The lowest BCUT2D eigenvalue weighted by Gasteiger charge is -2.28. The molecule has 8 heteroatoms. The molecular formula is C18H20N4O4. The van der Waals surface area contributed by atoms with Gasteiger partial charge >= 0.3 is 0 Å². The summed E-state index contributed by atoms with van der Waals surface area (Å²) in [4.78, 5) is 52.5. The van der Waals surface area contributed by atoms with Gasteiger partial charge in [0.05, 0.1) is 16.8 Å². The smallest absolute Gasteiger partial charge is 0.264 e. The summed E-state index contributed by atoms with van der Waals surface area (Å²) in [6.45, 7) is 2.10. The Hall–Kier alpha value is -2.74. The SMILES string of the molecule is NCC1CCN(c2cccc3c2C(=O)N(C2CCC(=O)NC2=O)C3=O)C1. The van der Waals surface area contributed by atoms with E-state index >= 15 is 0 Å². The van der Waals surface area contributed by atoms with Gasteiger partial charge in [0.1, 0.15) is 6.04 Å². The number of hydrogen-bond acceptors (Lipinski definition) is 6. The number of piperidine rings is 1. The van der Waals surface area contributed by atoms with E-state index in [4.69, 9.17) is 5.73 Å². The van der Waals surface area contributed by atoms with Crippen molar-refractivity contribution >= 4 is 29.3 Å². The number of carbonyl (C=O) groups excluding carboxylic acids is 4. The van der Waals surface area contributed by atoms with Crippen molar-refractivity contribution in [1.82, 2.24) is 10.2 Å². The van der Waals surface area contributed by atoms with Crippen LogP contribution < -0.4 is 16.0 Å². The second kappa shape index (κ2) is 6.21. The molecule has 3 N–H and O–H groups in total. The van der Waals surface area contributed by atoms with Crippen LogP contribution in [0.3, 0.4) is 0 Å². The lowest BCUT2D eigenvalue weighted by molar-refractivity contribution is -0.136. The summed E-state index contributed by atoms with van der Waals surface area (Å²) in [5.41, 5.74) is 7.13. The molecule has 3 aliphatic heterocycles. The molecule has 2 unspecified atom stereocenters. The Bertz CT molecular complexity index is 821. The third kappa shape index (κ3) is 2.48. The molecule has 2 atom stereocenters. The summed E-state index contributed by atoms with van der Waals surface area (Å²) in [6.07, 6.45) is 1.21. The summed E-state index contributed by atoms with van der Waals surface area (Å²) in [5.74, 6) is -1.55. The summed E-state index contributed by atoms with van der Waals surface area (Å²) in [7, 11) is 0. The molecule has 1 aromatic rings. The maximum atomic E-state index is 13.1. The number of nitrogens with two attached hydrogens (primary N) is 1. The normalized spacial score (nSPS) is 25.7. The number of hydrogen-bond donors (Lipinski definition) is 2. The van der Waals surface area contributed by atoms with E-state index in [9.17, 15) is 19.2 Å². The predicted octanol–water partition coefficient (Wildman–Crippen LogP) is -0.127. The van der Waals surface area contributed by atoms with Gasteiger partial charge in [-0.25, -0.2) is 0 Å². The predicted molar refractivity (Wildman–Crippen MR) is 92.5 cm³/mol. The number of carbonyl (C=O) groups is 4. The monoisotopic (exact) mass is 356 g/mol. The van der Waals surface area contributed by atoms with E-state index in [1.165, 1.54) is 0 Å². The first-order valence-electron chi connectivity index (χ1n) is 8.81. The lowest BCUT2D eigenvalue weighted by Crippen LogP contribution is -2.54. The van der Waals surface area contributed by atoms with Crippen molar-refractivity contribution in [2.75, 3.05) is 24.5 Å². The first kappa shape index (κ1) is 16.7. The van der Waals surface area contributed by atoms with Crippen molar-refractivity contribution in [2.45, 2.75) is 25.3 Å². The van der Waals surface area contributed by atoms with Crippen LogP contribution in [-0.4, -0.2) is 54.2 Å². The minimum Gasteiger partial charge on any atom is -0.371 e. The fraction of sp³-hybridized carbons (Fsp3) is 0.444. The highest BCUT2D eigenvalue weighted by Crippen LogP contribution is 2.36. The minimum atomic E-state index is -0.941. The molecule has 2 saturated heterocycles. The highest BCUT2D eigenvalue weighted by Gasteiger charge is 2.46. The van der Waals surface area contributed by atoms with Crippen LogP contribution in [0.4, 0.5) is 5.69 Å². The molecule has 136 valence electrons. The van der Waals surface area contributed by atoms with E-state index in [0.29, 0.717) is 29.3 Å². The van der Waals surface area contributed by atoms with Crippen molar-refractivity contribution in [1.29, 1.82) is 0 Å². The maximum Gasteiger partial charge on any atom is 0.264 e. The molecule has 0 saturated carbocycles. The zero-order valence-corrected chi connectivity index (χ0v) is 14.2. The van der Waals surface area contributed by atoms with Crippen LogP contribution in [0.25, 0.3) is 0 Å². The molecule has 3 aliphatic rings. The Morgan fingerprint density at radius 2 is 1.92 bits per heavy atom. The maximum absolute atomic E-state index is 13.1. The molecule has 0 aromatic heterocycles. The Kier molecular flexibility index (Phi) is 3.99. The first-order chi connectivity index (χ1) is 12.5. The zero-order chi connectivity index (χ0) is 18.4. The average Bonchev–Trinajstić information content (AvgIpc) is 3.20. The van der Waals surface area contributed by atoms with Gasteiger partial charge in [-0.3, -0.25) is 29.4 Å². The lowest BCUT2D eigenvalue weighted by atomic mass is 10.0. The first-order valence-corrected chi connectivity index (χ1v) is 8.81. The van der Waals surface area contributed by atoms with E-state index in [2.05, 4.69) is 10.2 Å². The van der Waals surface area contributed by atoms with E-state index in [1.54, 1.807) is 12.1 Å². The summed E-state index contributed by atoms with van der Waals surface area (Å²) >= 11 is 0. The van der Waals surface area contributed by atoms with Gasteiger partial charge in [0.2, 0.25) is 11.8 Å².